The minimum absolute atomic E-state index is 0.137. The van der Waals surface area contributed by atoms with Crippen LogP contribution in [0.5, 0.6) is 0 Å². The fourth-order valence-electron chi connectivity index (χ4n) is 1.95. The number of carboxylic acids is 1. The minimum atomic E-state index is -2.60. The maximum absolute atomic E-state index is 11.9. The van der Waals surface area contributed by atoms with Crippen LogP contribution in [-0.2, 0) is 4.79 Å². The van der Waals surface area contributed by atoms with Gasteiger partial charge in [-0.3, -0.25) is 4.79 Å². The van der Waals surface area contributed by atoms with E-state index in [-0.39, 0.29) is 12.5 Å². The summed E-state index contributed by atoms with van der Waals surface area (Å²) in [5, 5.41) is 10.8. The van der Waals surface area contributed by atoms with Crippen molar-refractivity contribution in [2.45, 2.75) is 38.2 Å². The van der Waals surface area contributed by atoms with Crippen molar-refractivity contribution in [2.75, 3.05) is 13.1 Å². The Morgan fingerprint density at radius 1 is 1.41 bits per heavy atom. The molecule has 1 heterocycles. The van der Waals surface area contributed by atoms with Gasteiger partial charge in [0.1, 0.15) is 0 Å². The van der Waals surface area contributed by atoms with Gasteiger partial charge in [0.15, 0.2) is 0 Å². The number of hydrogen-bond donors (Lipinski definition) is 2. The molecule has 17 heavy (non-hydrogen) atoms. The second-order valence-corrected chi connectivity index (χ2v) is 4.02. The highest BCUT2D eigenvalue weighted by Gasteiger charge is 2.28. The van der Waals surface area contributed by atoms with E-state index >= 15 is 0 Å². The van der Waals surface area contributed by atoms with Gasteiger partial charge in [-0.1, -0.05) is 0 Å². The van der Waals surface area contributed by atoms with Crippen LogP contribution in [0.15, 0.2) is 0 Å². The van der Waals surface area contributed by atoms with E-state index in [1.807, 2.05) is 0 Å². The van der Waals surface area contributed by atoms with Crippen LogP contribution in [0.1, 0.15) is 25.7 Å². The molecule has 0 radical (unpaired) electrons. The number of nitrogens with zero attached hydrogens (tertiary/aromatic N) is 1. The van der Waals surface area contributed by atoms with E-state index in [1.165, 1.54) is 4.90 Å². The number of carbonyl (C=O) groups excluding carboxylic acids is 1. The molecule has 7 heteroatoms. The van der Waals surface area contributed by atoms with Crippen molar-refractivity contribution in [3.63, 3.8) is 0 Å². The van der Waals surface area contributed by atoms with Crippen molar-refractivity contribution >= 4 is 12.0 Å². The monoisotopic (exact) mass is 250 g/mol. The lowest BCUT2D eigenvalue weighted by Gasteiger charge is -2.34. The summed E-state index contributed by atoms with van der Waals surface area (Å²) in [7, 11) is 0. The van der Waals surface area contributed by atoms with Crippen molar-refractivity contribution in [3.8, 4) is 0 Å². The summed E-state index contributed by atoms with van der Waals surface area (Å²) in [6, 6.07) is -0.991. The number of urea groups is 1. The van der Waals surface area contributed by atoms with Gasteiger partial charge in [0, 0.05) is 12.6 Å². The molecule has 0 aliphatic carbocycles. The van der Waals surface area contributed by atoms with E-state index in [0.29, 0.717) is 13.0 Å². The van der Waals surface area contributed by atoms with Gasteiger partial charge in [0.2, 0.25) is 0 Å². The summed E-state index contributed by atoms with van der Waals surface area (Å²) < 4.78 is 23.9. The Morgan fingerprint density at radius 3 is 2.71 bits per heavy atom. The lowest BCUT2D eigenvalue weighted by atomic mass is 10.00. The lowest BCUT2D eigenvalue weighted by Crippen LogP contribution is -2.50. The van der Waals surface area contributed by atoms with Gasteiger partial charge in [-0.25, -0.2) is 13.6 Å². The molecule has 0 aromatic heterocycles. The summed E-state index contributed by atoms with van der Waals surface area (Å²) in [5.74, 6) is -0.983. The third kappa shape index (κ3) is 4.54. The molecule has 0 aromatic carbocycles. The molecule has 0 aromatic rings. The number of nitrogens with one attached hydrogen (secondary N) is 1. The smallest absolute Gasteiger partial charge is 0.317 e. The molecule has 1 aliphatic rings. The Kier molecular flexibility index (Phi) is 5.11. The average molecular weight is 250 g/mol. The maximum atomic E-state index is 11.9. The number of aliphatic carboxylic acids is 1. The van der Waals surface area contributed by atoms with Gasteiger partial charge in [0.05, 0.1) is 13.0 Å². The van der Waals surface area contributed by atoms with Crippen LogP contribution in [0, 0.1) is 0 Å². The van der Waals surface area contributed by atoms with Crippen molar-refractivity contribution in [2.24, 2.45) is 0 Å². The predicted molar refractivity (Wildman–Crippen MR) is 56.0 cm³/mol. The number of rotatable bonds is 4. The van der Waals surface area contributed by atoms with E-state index in [1.54, 1.807) is 0 Å². The molecular formula is C10H16F2N2O3. The standard InChI is InChI=1S/C10H16F2N2O3/c11-8(12)6-13-10(17)14-4-2-1-3-7(14)5-9(15)16/h7-8H,1-6H2,(H,13,17)(H,15,16). The molecule has 1 rings (SSSR count). The molecule has 1 atom stereocenters. The predicted octanol–water partition coefficient (Wildman–Crippen LogP) is 1.29. The van der Waals surface area contributed by atoms with E-state index in [4.69, 9.17) is 5.11 Å². The SMILES string of the molecule is O=C(O)CC1CCCCN1C(=O)NCC(F)F. The highest BCUT2D eigenvalue weighted by atomic mass is 19.3. The zero-order chi connectivity index (χ0) is 12.8. The summed E-state index contributed by atoms with van der Waals surface area (Å²) in [4.78, 5) is 23.6. The molecule has 5 nitrogen and oxygen atoms in total. The Balaban J connectivity index is 2.51. The number of amides is 2. The van der Waals surface area contributed by atoms with Gasteiger partial charge in [-0.15, -0.1) is 0 Å². The molecule has 2 N–H and O–H groups in total. The highest BCUT2D eigenvalue weighted by molar-refractivity contribution is 5.76. The van der Waals surface area contributed by atoms with Gasteiger partial charge >= 0.3 is 12.0 Å². The summed E-state index contributed by atoms with van der Waals surface area (Å²) in [6.45, 7) is -0.276. The fraction of sp³-hybridized carbons (Fsp3) is 0.800. The number of alkyl halides is 2. The Labute approximate surface area is 97.8 Å². The van der Waals surface area contributed by atoms with Crippen LogP contribution in [0.3, 0.4) is 0 Å². The molecule has 2 amide bonds. The molecule has 0 saturated carbocycles. The molecular weight excluding hydrogens is 234 g/mol. The molecule has 0 spiro atoms. The Bertz CT molecular complexity index is 287. The first-order valence-electron chi connectivity index (χ1n) is 5.55. The number of hydrogen-bond acceptors (Lipinski definition) is 2. The topological polar surface area (TPSA) is 69.6 Å². The Morgan fingerprint density at radius 2 is 2.12 bits per heavy atom. The zero-order valence-electron chi connectivity index (χ0n) is 9.36. The summed E-state index contributed by atoms with van der Waals surface area (Å²) in [6.07, 6.45) is -0.493. The molecule has 1 fully saturated rings. The number of carboxylic acid groups (broad SMARTS) is 1. The van der Waals surface area contributed by atoms with Crippen LogP contribution in [0.25, 0.3) is 0 Å². The van der Waals surface area contributed by atoms with Crippen LogP contribution in [-0.4, -0.2) is 47.6 Å². The number of piperidine rings is 1. The minimum Gasteiger partial charge on any atom is -0.481 e. The average Bonchev–Trinajstić information content (AvgIpc) is 2.25. The normalized spacial score (nSPS) is 20.4. The molecule has 0 bridgehead atoms. The van der Waals surface area contributed by atoms with E-state index in [2.05, 4.69) is 5.32 Å². The second-order valence-electron chi connectivity index (χ2n) is 4.02. The first-order chi connectivity index (χ1) is 8.00. The van der Waals surface area contributed by atoms with Crippen LogP contribution in [0.2, 0.25) is 0 Å². The molecule has 1 unspecified atom stereocenters. The quantitative estimate of drug-likeness (QED) is 0.789. The van der Waals surface area contributed by atoms with Crippen LogP contribution >= 0.6 is 0 Å². The van der Waals surface area contributed by atoms with Gasteiger partial charge in [-0.05, 0) is 19.3 Å². The Hall–Kier alpha value is -1.40. The third-order valence-electron chi connectivity index (χ3n) is 2.71. The van der Waals surface area contributed by atoms with Crippen LogP contribution < -0.4 is 5.32 Å². The molecule has 1 aliphatic heterocycles. The first kappa shape index (κ1) is 13.7. The van der Waals surface area contributed by atoms with E-state index in [0.717, 1.165) is 12.8 Å². The molecule has 1 saturated heterocycles. The van der Waals surface area contributed by atoms with Crippen molar-refractivity contribution < 1.29 is 23.5 Å². The molecule has 98 valence electrons. The second kappa shape index (κ2) is 6.36. The van der Waals surface area contributed by atoms with E-state index < -0.39 is 25.0 Å². The van der Waals surface area contributed by atoms with Crippen molar-refractivity contribution in [3.05, 3.63) is 0 Å². The third-order valence-corrected chi connectivity index (χ3v) is 2.71. The summed E-state index contributed by atoms with van der Waals surface area (Å²) in [5.41, 5.74) is 0. The highest BCUT2D eigenvalue weighted by Crippen LogP contribution is 2.19. The van der Waals surface area contributed by atoms with Crippen LogP contribution in [0.4, 0.5) is 13.6 Å². The maximum Gasteiger partial charge on any atom is 0.317 e. The van der Waals surface area contributed by atoms with Crippen molar-refractivity contribution in [1.29, 1.82) is 0 Å². The van der Waals surface area contributed by atoms with Crippen molar-refractivity contribution in [1.82, 2.24) is 10.2 Å². The largest absolute Gasteiger partial charge is 0.481 e. The van der Waals surface area contributed by atoms with Gasteiger partial charge < -0.3 is 15.3 Å². The van der Waals surface area contributed by atoms with E-state index in [9.17, 15) is 18.4 Å². The fourth-order valence-corrected chi connectivity index (χ4v) is 1.95. The number of likely N-dealkylation sites (tertiary alicyclic amines) is 1. The summed E-state index contributed by atoms with van der Waals surface area (Å²) >= 11 is 0. The first-order valence-corrected chi connectivity index (χ1v) is 5.55. The van der Waals surface area contributed by atoms with Gasteiger partial charge in [-0.2, -0.15) is 0 Å². The zero-order valence-corrected chi connectivity index (χ0v) is 9.36. The number of carbonyl (C=O) groups is 2. The van der Waals surface area contributed by atoms with Gasteiger partial charge in [0.25, 0.3) is 6.43 Å². The lowest BCUT2D eigenvalue weighted by molar-refractivity contribution is -0.138. The number of halogens is 2.